The van der Waals surface area contributed by atoms with Gasteiger partial charge in [-0.15, -0.1) is 0 Å². The molecule has 1 aliphatic carbocycles. The third-order valence-electron chi connectivity index (χ3n) is 3.99. The molecule has 0 aromatic heterocycles. The van der Waals surface area contributed by atoms with Gasteiger partial charge in [0, 0.05) is 24.2 Å². The molecule has 0 spiro atoms. The van der Waals surface area contributed by atoms with E-state index < -0.39 is 0 Å². The summed E-state index contributed by atoms with van der Waals surface area (Å²) in [5, 5.41) is 2.91. The Morgan fingerprint density at radius 1 is 1.25 bits per heavy atom. The largest absolute Gasteiger partial charge is 0.486 e. The highest BCUT2D eigenvalue weighted by Gasteiger charge is 2.26. The number of anilines is 1. The number of carbonyl (C=O) groups excluding carboxylic acids is 1. The van der Waals surface area contributed by atoms with E-state index in [1.807, 2.05) is 12.1 Å². The van der Waals surface area contributed by atoms with Gasteiger partial charge >= 0.3 is 0 Å². The Bertz CT molecular complexity index is 504. The predicted molar refractivity (Wildman–Crippen MR) is 76.0 cm³/mol. The van der Waals surface area contributed by atoms with E-state index >= 15 is 0 Å². The summed E-state index contributed by atoms with van der Waals surface area (Å²) >= 11 is 0. The quantitative estimate of drug-likeness (QED) is 0.884. The first-order valence-corrected chi connectivity index (χ1v) is 7.17. The average Bonchev–Trinajstić information content (AvgIpc) is 2.84. The highest BCUT2D eigenvalue weighted by Crippen LogP contribution is 2.33. The first kappa shape index (κ1) is 13.2. The van der Waals surface area contributed by atoms with Crippen LogP contribution in [0.3, 0.4) is 0 Å². The van der Waals surface area contributed by atoms with Gasteiger partial charge in [0.25, 0.3) is 0 Å². The summed E-state index contributed by atoms with van der Waals surface area (Å²) in [5.41, 5.74) is 6.74. The SMILES string of the molecule is N[C@@H]1CCC[C@H]1CC(=O)Nc1ccc2c(c1)OCCO2. The second-order valence-corrected chi connectivity index (χ2v) is 5.47. The number of hydrogen-bond acceptors (Lipinski definition) is 4. The van der Waals surface area contributed by atoms with Crippen molar-refractivity contribution in [2.24, 2.45) is 11.7 Å². The first-order chi connectivity index (χ1) is 9.72. The Kier molecular flexibility index (Phi) is 3.78. The van der Waals surface area contributed by atoms with Gasteiger partial charge in [-0.3, -0.25) is 4.79 Å². The first-order valence-electron chi connectivity index (χ1n) is 7.17. The summed E-state index contributed by atoms with van der Waals surface area (Å²) in [4.78, 5) is 12.0. The van der Waals surface area contributed by atoms with Crippen molar-refractivity contribution in [3.8, 4) is 11.5 Å². The summed E-state index contributed by atoms with van der Waals surface area (Å²) in [6.45, 7) is 1.11. The fourth-order valence-corrected chi connectivity index (χ4v) is 2.89. The van der Waals surface area contributed by atoms with Crippen LogP contribution in [0.1, 0.15) is 25.7 Å². The van der Waals surface area contributed by atoms with Gasteiger partial charge in [-0.2, -0.15) is 0 Å². The normalized spacial score (nSPS) is 24.4. The maximum absolute atomic E-state index is 12.0. The molecule has 0 saturated heterocycles. The number of nitrogens with two attached hydrogens (primary N) is 1. The second kappa shape index (κ2) is 5.71. The molecule has 3 rings (SSSR count). The Morgan fingerprint density at radius 2 is 2.05 bits per heavy atom. The molecule has 5 nitrogen and oxygen atoms in total. The van der Waals surface area contributed by atoms with Gasteiger partial charge < -0.3 is 20.5 Å². The molecule has 1 aromatic rings. The molecule has 20 heavy (non-hydrogen) atoms. The summed E-state index contributed by atoms with van der Waals surface area (Å²) in [7, 11) is 0. The molecular weight excluding hydrogens is 256 g/mol. The van der Waals surface area contributed by atoms with Crippen molar-refractivity contribution in [2.75, 3.05) is 18.5 Å². The molecule has 3 N–H and O–H groups in total. The molecule has 108 valence electrons. The van der Waals surface area contributed by atoms with E-state index in [0.717, 1.165) is 30.7 Å². The predicted octanol–water partition coefficient (Wildman–Crippen LogP) is 1.91. The van der Waals surface area contributed by atoms with Crippen LogP contribution in [-0.4, -0.2) is 25.2 Å². The minimum absolute atomic E-state index is 0.0176. The number of fused-ring (bicyclic) bond motifs is 1. The molecule has 2 atom stereocenters. The zero-order valence-corrected chi connectivity index (χ0v) is 11.4. The molecule has 1 fully saturated rings. The monoisotopic (exact) mass is 276 g/mol. The van der Waals surface area contributed by atoms with E-state index in [9.17, 15) is 4.79 Å². The zero-order valence-electron chi connectivity index (χ0n) is 11.4. The lowest BCUT2D eigenvalue weighted by atomic mass is 10.00. The highest BCUT2D eigenvalue weighted by molar-refractivity contribution is 5.91. The number of amides is 1. The molecule has 1 aromatic carbocycles. The Labute approximate surface area is 118 Å². The molecule has 1 amide bonds. The van der Waals surface area contributed by atoms with E-state index in [0.29, 0.717) is 31.3 Å². The van der Waals surface area contributed by atoms with Crippen molar-refractivity contribution < 1.29 is 14.3 Å². The molecule has 5 heteroatoms. The average molecular weight is 276 g/mol. The summed E-state index contributed by atoms with van der Waals surface area (Å²) < 4.78 is 11.0. The maximum Gasteiger partial charge on any atom is 0.224 e. The van der Waals surface area contributed by atoms with Gasteiger partial charge in [-0.25, -0.2) is 0 Å². The van der Waals surface area contributed by atoms with Crippen molar-refractivity contribution in [3.05, 3.63) is 18.2 Å². The Morgan fingerprint density at radius 3 is 2.80 bits per heavy atom. The molecule has 1 heterocycles. The number of nitrogens with one attached hydrogen (secondary N) is 1. The van der Waals surface area contributed by atoms with Crippen molar-refractivity contribution in [1.82, 2.24) is 0 Å². The lowest BCUT2D eigenvalue weighted by Crippen LogP contribution is -2.28. The molecule has 0 radical (unpaired) electrons. The van der Waals surface area contributed by atoms with Crippen LogP contribution in [0, 0.1) is 5.92 Å². The summed E-state index contributed by atoms with van der Waals surface area (Å²) in [5.74, 6) is 1.75. The topological polar surface area (TPSA) is 73.6 Å². The molecule has 0 unspecified atom stereocenters. The van der Waals surface area contributed by atoms with Gasteiger partial charge in [0.05, 0.1) is 0 Å². The minimum atomic E-state index is 0.0176. The van der Waals surface area contributed by atoms with Crippen molar-refractivity contribution in [1.29, 1.82) is 0 Å². The number of ether oxygens (including phenoxy) is 2. The lowest BCUT2D eigenvalue weighted by molar-refractivity contribution is -0.117. The number of benzene rings is 1. The minimum Gasteiger partial charge on any atom is -0.486 e. The van der Waals surface area contributed by atoms with Crippen molar-refractivity contribution >= 4 is 11.6 Å². The molecule has 1 aliphatic heterocycles. The third kappa shape index (κ3) is 2.88. The van der Waals surface area contributed by atoms with E-state index in [1.54, 1.807) is 6.07 Å². The summed E-state index contributed by atoms with van der Waals surface area (Å²) in [6.07, 6.45) is 3.70. The van der Waals surface area contributed by atoms with Crippen LogP contribution in [0.15, 0.2) is 18.2 Å². The van der Waals surface area contributed by atoms with Gasteiger partial charge in [0.2, 0.25) is 5.91 Å². The van der Waals surface area contributed by atoms with Gasteiger partial charge in [0.1, 0.15) is 13.2 Å². The number of hydrogen-bond donors (Lipinski definition) is 2. The van der Waals surface area contributed by atoms with Crippen LogP contribution < -0.4 is 20.5 Å². The van der Waals surface area contributed by atoms with Gasteiger partial charge in [0.15, 0.2) is 11.5 Å². The Hall–Kier alpha value is -1.75. The smallest absolute Gasteiger partial charge is 0.224 e. The van der Waals surface area contributed by atoms with Crippen LogP contribution in [0.2, 0.25) is 0 Å². The standard InChI is InChI=1S/C15H20N2O3/c16-12-3-1-2-10(12)8-15(18)17-11-4-5-13-14(9-11)20-7-6-19-13/h4-5,9-10,12H,1-3,6-8,16H2,(H,17,18)/t10-,12+/m0/s1. The third-order valence-corrected chi connectivity index (χ3v) is 3.99. The highest BCUT2D eigenvalue weighted by atomic mass is 16.6. The van der Waals surface area contributed by atoms with Crippen LogP contribution >= 0.6 is 0 Å². The zero-order chi connectivity index (χ0) is 13.9. The van der Waals surface area contributed by atoms with Crippen molar-refractivity contribution in [3.63, 3.8) is 0 Å². The fourth-order valence-electron chi connectivity index (χ4n) is 2.89. The van der Waals surface area contributed by atoms with Crippen LogP contribution in [0.5, 0.6) is 11.5 Å². The maximum atomic E-state index is 12.0. The van der Waals surface area contributed by atoms with E-state index in [4.69, 9.17) is 15.2 Å². The molecule has 1 saturated carbocycles. The molecular formula is C15H20N2O3. The van der Waals surface area contributed by atoms with Crippen LogP contribution in [0.4, 0.5) is 5.69 Å². The van der Waals surface area contributed by atoms with Crippen LogP contribution in [0.25, 0.3) is 0 Å². The molecule has 0 bridgehead atoms. The number of carbonyl (C=O) groups is 1. The van der Waals surface area contributed by atoms with E-state index in [2.05, 4.69) is 5.32 Å². The lowest BCUT2D eigenvalue weighted by Gasteiger charge is -2.19. The van der Waals surface area contributed by atoms with Crippen LogP contribution in [-0.2, 0) is 4.79 Å². The number of rotatable bonds is 3. The van der Waals surface area contributed by atoms with Gasteiger partial charge in [-0.1, -0.05) is 6.42 Å². The van der Waals surface area contributed by atoms with E-state index in [-0.39, 0.29) is 11.9 Å². The van der Waals surface area contributed by atoms with Crippen molar-refractivity contribution in [2.45, 2.75) is 31.7 Å². The van der Waals surface area contributed by atoms with Gasteiger partial charge in [-0.05, 0) is 30.9 Å². The van der Waals surface area contributed by atoms with E-state index in [1.165, 1.54) is 0 Å². The molecule has 2 aliphatic rings. The fraction of sp³-hybridized carbons (Fsp3) is 0.533. The Balaban J connectivity index is 1.61. The summed E-state index contributed by atoms with van der Waals surface area (Å²) in [6, 6.07) is 5.63. The second-order valence-electron chi connectivity index (χ2n) is 5.47.